The standard InChI is InChI=1S/C17H25FN2O3/c1-23-16(13-4-6-14(18)7-5-13)10-19-17(22)20-15-8-2-12(11-21)3-9-15/h4-7,12,15-16,21H,2-3,8-11H2,1H3,(H2,19,20,22). The Hall–Kier alpha value is -1.66. The highest BCUT2D eigenvalue weighted by atomic mass is 19.1. The quantitative estimate of drug-likeness (QED) is 0.752. The molecule has 0 bridgehead atoms. The predicted molar refractivity (Wildman–Crippen MR) is 85.5 cm³/mol. The molecule has 1 atom stereocenters. The summed E-state index contributed by atoms with van der Waals surface area (Å²) < 4.78 is 18.3. The molecular formula is C17H25FN2O3. The van der Waals surface area contributed by atoms with Crippen LogP contribution in [0.4, 0.5) is 9.18 Å². The molecule has 0 saturated heterocycles. The number of nitrogens with one attached hydrogen (secondary N) is 2. The lowest BCUT2D eigenvalue weighted by atomic mass is 9.87. The van der Waals surface area contributed by atoms with E-state index in [1.165, 1.54) is 12.1 Å². The third kappa shape index (κ3) is 5.48. The first-order valence-corrected chi connectivity index (χ1v) is 8.06. The van der Waals surface area contributed by atoms with Crippen molar-refractivity contribution >= 4 is 6.03 Å². The van der Waals surface area contributed by atoms with Crippen LogP contribution in [-0.2, 0) is 4.74 Å². The second-order valence-corrected chi connectivity index (χ2v) is 6.03. The van der Waals surface area contributed by atoms with Crippen molar-refractivity contribution < 1.29 is 19.0 Å². The molecule has 1 aromatic carbocycles. The fraction of sp³-hybridized carbons (Fsp3) is 0.588. The number of aliphatic hydroxyl groups is 1. The third-order valence-corrected chi connectivity index (χ3v) is 4.41. The minimum Gasteiger partial charge on any atom is -0.396 e. The van der Waals surface area contributed by atoms with E-state index in [2.05, 4.69) is 10.6 Å². The van der Waals surface area contributed by atoms with Crippen LogP contribution in [0.15, 0.2) is 24.3 Å². The monoisotopic (exact) mass is 324 g/mol. The van der Waals surface area contributed by atoms with Crippen LogP contribution in [0, 0.1) is 11.7 Å². The lowest BCUT2D eigenvalue weighted by molar-refractivity contribution is 0.103. The van der Waals surface area contributed by atoms with Crippen molar-refractivity contribution in [1.82, 2.24) is 10.6 Å². The van der Waals surface area contributed by atoms with E-state index in [-0.39, 0.29) is 30.6 Å². The molecule has 1 aliphatic rings. The number of aliphatic hydroxyl groups excluding tert-OH is 1. The predicted octanol–water partition coefficient (Wildman–Crippen LogP) is 2.36. The van der Waals surface area contributed by atoms with E-state index in [4.69, 9.17) is 9.84 Å². The summed E-state index contributed by atoms with van der Waals surface area (Å²) >= 11 is 0. The molecule has 0 aliphatic heterocycles. The Morgan fingerprint density at radius 3 is 2.52 bits per heavy atom. The summed E-state index contributed by atoms with van der Waals surface area (Å²) in [5, 5.41) is 14.9. The number of ether oxygens (including phenoxy) is 1. The first kappa shape index (κ1) is 17.7. The van der Waals surface area contributed by atoms with Crippen LogP contribution >= 0.6 is 0 Å². The van der Waals surface area contributed by atoms with Gasteiger partial charge in [0.05, 0.1) is 6.10 Å². The van der Waals surface area contributed by atoms with Crippen molar-refractivity contribution in [3.05, 3.63) is 35.6 Å². The van der Waals surface area contributed by atoms with Crippen molar-refractivity contribution in [2.75, 3.05) is 20.3 Å². The second-order valence-electron chi connectivity index (χ2n) is 6.03. The molecule has 6 heteroatoms. The zero-order valence-electron chi connectivity index (χ0n) is 13.4. The zero-order valence-corrected chi connectivity index (χ0v) is 13.4. The molecule has 1 saturated carbocycles. The van der Waals surface area contributed by atoms with E-state index >= 15 is 0 Å². The molecule has 1 aliphatic carbocycles. The van der Waals surface area contributed by atoms with Gasteiger partial charge in [0.25, 0.3) is 0 Å². The van der Waals surface area contributed by atoms with Gasteiger partial charge in [-0.1, -0.05) is 12.1 Å². The topological polar surface area (TPSA) is 70.6 Å². The molecule has 2 rings (SSSR count). The van der Waals surface area contributed by atoms with Crippen LogP contribution < -0.4 is 10.6 Å². The first-order valence-electron chi connectivity index (χ1n) is 8.06. The Bertz CT molecular complexity index is 487. The molecule has 0 radical (unpaired) electrons. The largest absolute Gasteiger partial charge is 0.396 e. The van der Waals surface area contributed by atoms with Crippen LogP contribution in [0.25, 0.3) is 0 Å². The average molecular weight is 324 g/mol. The Balaban J connectivity index is 1.75. The third-order valence-electron chi connectivity index (χ3n) is 4.41. The van der Waals surface area contributed by atoms with E-state index in [1.807, 2.05) is 0 Å². The number of benzene rings is 1. The van der Waals surface area contributed by atoms with Gasteiger partial charge in [0.2, 0.25) is 0 Å². The number of hydrogen-bond donors (Lipinski definition) is 3. The maximum atomic E-state index is 12.9. The Morgan fingerprint density at radius 2 is 1.96 bits per heavy atom. The van der Waals surface area contributed by atoms with Crippen LogP contribution in [0.1, 0.15) is 37.4 Å². The summed E-state index contributed by atoms with van der Waals surface area (Å²) in [5.74, 6) is 0.0697. The van der Waals surface area contributed by atoms with E-state index in [1.54, 1.807) is 19.2 Å². The van der Waals surface area contributed by atoms with Gasteiger partial charge >= 0.3 is 6.03 Å². The summed E-state index contributed by atoms with van der Waals surface area (Å²) in [7, 11) is 1.56. The van der Waals surface area contributed by atoms with Crippen molar-refractivity contribution in [3.63, 3.8) is 0 Å². The van der Waals surface area contributed by atoms with E-state index < -0.39 is 0 Å². The van der Waals surface area contributed by atoms with Crippen molar-refractivity contribution in [1.29, 1.82) is 0 Å². The Labute approximate surface area is 136 Å². The SMILES string of the molecule is COC(CNC(=O)NC1CCC(CO)CC1)c1ccc(F)cc1. The maximum Gasteiger partial charge on any atom is 0.315 e. The fourth-order valence-corrected chi connectivity index (χ4v) is 2.93. The molecule has 1 fully saturated rings. The van der Waals surface area contributed by atoms with Crippen LogP contribution in [0.5, 0.6) is 0 Å². The first-order chi connectivity index (χ1) is 11.1. The molecule has 23 heavy (non-hydrogen) atoms. The number of halogens is 1. The molecule has 1 unspecified atom stereocenters. The molecule has 5 nitrogen and oxygen atoms in total. The van der Waals surface area contributed by atoms with Crippen LogP contribution in [-0.4, -0.2) is 37.4 Å². The summed E-state index contributed by atoms with van der Waals surface area (Å²) in [6, 6.07) is 5.99. The maximum absolute atomic E-state index is 12.9. The number of carbonyl (C=O) groups excluding carboxylic acids is 1. The highest BCUT2D eigenvalue weighted by Crippen LogP contribution is 2.23. The second kappa shape index (κ2) is 8.84. The van der Waals surface area contributed by atoms with Gasteiger partial charge in [-0.15, -0.1) is 0 Å². The van der Waals surface area contributed by atoms with E-state index in [9.17, 15) is 9.18 Å². The minimum absolute atomic E-state index is 0.157. The molecule has 0 spiro atoms. The molecule has 2 amide bonds. The Kier molecular flexibility index (Phi) is 6.80. The molecule has 1 aromatic rings. The van der Waals surface area contributed by atoms with Gasteiger partial charge in [-0.2, -0.15) is 0 Å². The number of carbonyl (C=O) groups is 1. The van der Waals surface area contributed by atoms with Crippen molar-refractivity contribution in [2.45, 2.75) is 37.8 Å². The highest BCUT2D eigenvalue weighted by Gasteiger charge is 2.22. The normalized spacial score (nSPS) is 22.4. The van der Waals surface area contributed by atoms with Gasteiger partial charge in [0.1, 0.15) is 5.82 Å². The van der Waals surface area contributed by atoms with Crippen molar-refractivity contribution in [2.24, 2.45) is 5.92 Å². The lowest BCUT2D eigenvalue weighted by Crippen LogP contribution is -2.45. The summed E-state index contributed by atoms with van der Waals surface area (Å²) in [6.45, 7) is 0.548. The van der Waals surface area contributed by atoms with Gasteiger partial charge in [0, 0.05) is 26.3 Å². The summed E-state index contributed by atoms with van der Waals surface area (Å²) in [4.78, 5) is 12.0. The number of rotatable bonds is 6. The summed E-state index contributed by atoms with van der Waals surface area (Å²) in [5.41, 5.74) is 0.817. The van der Waals surface area contributed by atoms with Gasteiger partial charge in [-0.05, 0) is 49.3 Å². The average Bonchev–Trinajstić information content (AvgIpc) is 2.57. The number of hydrogen-bond acceptors (Lipinski definition) is 3. The van der Waals surface area contributed by atoms with Crippen LogP contribution in [0.2, 0.25) is 0 Å². The number of amides is 2. The number of urea groups is 1. The van der Waals surface area contributed by atoms with Gasteiger partial charge in [-0.3, -0.25) is 0 Å². The molecule has 128 valence electrons. The zero-order chi connectivity index (χ0) is 16.7. The smallest absolute Gasteiger partial charge is 0.315 e. The van der Waals surface area contributed by atoms with E-state index in [0.29, 0.717) is 12.5 Å². The summed E-state index contributed by atoms with van der Waals surface area (Å²) in [6.07, 6.45) is 3.36. The minimum atomic E-state index is -0.313. The van der Waals surface area contributed by atoms with Gasteiger partial charge in [0.15, 0.2) is 0 Å². The molecular weight excluding hydrogens is 299 g/mol. The molecule has 0 heterocycles. The molecule has 0 aromatic heterocycles. The van der Waals surface area contributed by atoms with Gasteiger partial charge in [-0.25, -0.2) is 9.18 Å². The van der Waals surface area contributed by atoms with Crippen LogP contribution in [0.3, 0.4) is 0 Å². The number of methoxy groups -OCH3 is 1. The fourth-order valence-electron chi connectivity index (χ4n) is 2.93. The van der Waals surface area contributed by atoms with Gasteiger partial charge < -0.3 is 20.5 Å². The molecule has 3 N–H and O–H groups in total. The Morgan fingerprint density at radius 1 is 1.30 bits per heavy atom. The van der Waals surface area contributed by atoms with E-state index in [0.717, 1.165) is 31.2 Å². The lowest BCUT2D eigenvalue weighted by Gasteiger charge is -2.28. The highest BCUT2D eigenvalue weighted by molar-refractivity contribution is 5.74. The van der Waals surface area contributed by atoms with Crippen molar-refractivity contribution in [3.8, 4) is 0 Å².